The third kappa shape index (κ3) is 0.806. The molecule has 3 heterocycles. The van der Waals surface area contributed by atoms with Crippen molar-refractivity contribution in [2.75, 3.05) is 0 Å². The molecule has 0 amide bonds. The summed E-state index contributed by atoms with van der Waals surface area (Å²) < 4.78 is 0. The van der Waals surface area contributed by atoms with Gasteiger partial charge in [0.25, 0.3) is 5.56 Å². The summed E-state index contributed by atoms with van der Waals surface area (Å²) in [6.45, 7) is 0. The van der Waals surface area contributed by atoms with Gasteiger partial charge in [0.2, 0.25) is 0 Å². The van der Waals surface area contributed by atoms with Gasteiger partial charge in [0, 0.05) is 24.0 Å². The Bertz CT molecular complexity index is 624. The molecule has 0 saturated heterocycles. The fourth-order valence-electron chi connectivity index (χ4n) is 1.53. The van der Waals surface area contributed by atoms with Crippen LogP contribution in [0.15, 0.2) is 29.5 Å². The molecular weight excluding hydrogens is 180 g/mol. The Morgan fingerprint density at radius 1 is 1.36 bits per heavy atom. The molecule has 2 aliphatic heterocycles. The Balaban J connectivity index is 2.59. The SMILES string of the molecule is O=c1[nH]nc2c3cnccc3[nH]cc1-2. The first-order chi connectivity index (χ1) is 6.86. The van der Waals surface area contributed by atoms with E-state index in [4.69, 9.17) is 0 Å². The maximum Gasteiger partial charge on any atom is 0.275 e. The monoisotopic (exact) mass is 186 g/mol. The predicted molar refractivity (Wildman–Crippen MR) is 51.1 cm³/mol. The molecule has 0 fully saturated rings. The van der Waals surface area contributed by atoms with Crippen molar-refractivity contribution in [3.8, 4) is 11.3 Å². The zero-order valence-electron chi connectivity index (χ0n) is 7.11. The third-order valence-corrected chi connectivity index (χ3v) is 2.22. The number of hydrogen-bond acceptors (Lipinski definition) is 3. The summed E-state index contributed by atoms with van der Waals surface area (Å²) >= 11 is 0. The van der Waals surface area contributed by atoms with Crippen molar-refractivity contribution in [1.82, 2.24) is 20.2 Å². The molecule has 2 N–H and O–H groups in total. The molecule has 1 aromatic heterocycles. The van der Waals surface area contributed by atoms with Crippen molar-refractivity contribution < 1.29 is 0 Å². The van der Waals surface area contributed by atoms with Gasteiger partial charge in [-0.3, -0.25) is 9.78 Å². The second-order valence-electron chi connectivity index (χ2n) is 3.02. The van der Waals surface area contributed by atoms with Crippen LogP contribution in [0.4, 0.5) is 0 Å². The maximum atomic E-state index is 11.3. The zero-order valence-corrected chi connectivity index (χ0v) is 7.11. The van der Waals surface area contributed by atoms with Crippen molar-refractivity contribution in [1.29, 1.82) is 0 Å². The van der Waals surface area contributed by atoms with Gasteiger partial charge in [-0.05, 0) is 6.07 Å². The molecule has 5 heteroatoms. The van der Waals surface area contributed by atoms with Crippen LogP contribution in [0.1, 0.15) is 0 Å². The molecule has 0 aliphatic carbocycles. The second kappa shape index (κ2) is 2.41. The highest BCUT2D eigenvalue weighted by atomic mass is 16.1. The van der Waals surface area contributed by atoms with Crippen molar-refractivity contribution in [2.24, 2.45) is 0 Å². The van der Waals surface area contributed by atoms with E-state index >= 15 is 0 Å². The average Bonchev–Trinajstić information content (AvgIpc) is 2.61. The minimum absolute atomic E-state index is 0.179. The van der Waals surface area contributed by atoms with Gasteiger partial charge in [0.1, 0.15) is 5.69 Å². The van der Waals surface area contributed by atoms with Crippen molar-refractivity contribution in [3.05, 3.63) is 35.0 Å². The Morgan fingerprint density at radius 3 is 3.21 bits per heavy atom. The first-order valence-corrected chi connectivity index (χ1v) is 4.16. The second-order valence-corrected chi connectivity index (χ2v) is 3.02. The molecular formula is C9H6N4O. The number of H-pyrrole nitrogens is 2. The van der Waals surface area contributed by atoms with E-state index in [0.717, 1.165) is 10.9 Å². The molecule has 2 aliphatic rings. The van der Waals surface area contributed by atoms with Crippen LogP contribution in [0.3, 0.4) is 0 Å². The normalized spacial score (nSPS) is 11.1. The van der Waals surface area contributed by atoms with Crippen LogP contribution < -0.4 is 5.56 Å². The van der Waals surface area contributed by atoms with Crippen LogP contribution in [0, 0.1) is 0 Å². The standard InChI is InChI=1S/C9H6N4O/c14-9-6-4-11-7-1-2-10-3-5(7)8(6)12-13-9/h1-4,11H,(H,13,14). The Kier molecular flexibility index (Phi) is 1.25. The van der Waals surface area contributed by atoms with Gasteiger partial charge >= 0.3 is 0 Å². The molecule has 0 radical (unpaired) electrons. The molecule has 0 aromatic carbocycles. The van der Waals surface area contributed by atoms with Gasteiger partial charge in [-0.15, -0.1) is 0 Å². The Labute approximate surface area is 78.1 Å². The highest BCUT2D eigenvalue weighted by molar-refractivity contribution is 5.92. The average molecular weight is 186 g/mol. The van der Waals surface area contributed by atoms with E-state index in [2.05, 4.69) is 20.2 Å². The summed E-state index contributed by atoms with van der Waals surface area (Å²) in [4.78, 5) is 18.3. The number of pyridine rings is 2. The summed E-state index contributed by atoms with van der Waals surface area (Å²) in [6, 6.07) is 1.84. The van der Waals surface area contributed by atoms with Crippen molar-refractivity contribution in [2.45, 2.75) is 0 Å². The van der Waals surface area contributed by atoms with E-state index in [9.17, 15) is 4.79 Å². The molecule has 0 atom stereocenters. The van der Waals surface area contributed by atoms with E-state index in [-0.39, 0.29) is 5.56 Å². The summed E-state index contributed by atoms with van der Waals surface area (Å²) in [7, 11) is 0. The number of hydrogen-bond donors (Lipinski definition) is 2. The lowest BCUT2D eigenvalue weighted by Crippen LogP contribution is -2.00. The lowest BCUT2D eigenvalue weighted by Gasteiger charge is -2.00. The van der Waals surface area contributed by atoms with Crippen LogP contribution in [0.25, 0.3) is 22.2 Å². The number of nitrogens with one attached hydrogen (secondary N) is 2. The van der Waals surface area contributed by atoms with Crippen LogP contribution in [-0.2, 0) is 0 Å². The molecule has 68 valence electrons. The summed E-state index contributed by atoms with van der Waals surface area (Å²) in [5, 5.41) is 7.21. The number of aromatic nitrogens is 4. The lowest BCUT2D eigenvalue weighted by molar-refractivity contribution is 1.07. The number of rotatable bonds is 0. The van der Waals surface area contributed by atoms with Gasteiger partial charge in [-0.1, -0.05) is 0 Å². The third-order valence-electron chi connectivity index (χ3n) is 2.22. The van der Waals surface area contributed by atoms with E-state index in [1.54, 1.807) is 18.6 Å². The molecule has 0 bridgehead atoms. The smallest absolute Gasteiger partial charge is 0.275 e. The molecule has 0 unspecified atom stereocenters. The van der Waals surface area contributed by atoms with Crippen LogP contribution in [0.5, 0.6) is 0 Å². The van der Waals surface area contributed by atoms with Gasteiger partial charge in [0.05, 0.1) is 11.1 Å². The summed E-state index contributed by atoms with van der Waals surface area (Å²) in [5.74, 6) is 0. The van der Waals surface area contributed by atoms with Crippen molar-refractivity contribution >= 4 is 10.9 Å². The van der Waals surface area contributed by atoms with Gasteiger partial charge in [0.15, 0.2) is 0 Å². The highest BCUT2D eigenvalue weighted by Crippen LogP contribution is 2.22. The molecule has 5 nitrogen and oxygen atoms in total. The van der Waals surface area contributed by atoms with Crippen LogP contribution >= 0.6 is 0 Å². The van der Waals surface area contributed by atoms with E-state index in [1.807, 2.05) is 6.07 Å². The highest BCUT2D eigenvalue weighted by Gasteiger charge is 2.13. The quantitative estimate of drug-likeness (QED) is 0.544. The predicted octanol–water partition coefficient (Wildman–Crippen LogP) is 0.751. The minimum atomic E-state index is -0.179. The van der Waals surface area contributed by atoms with Gasteiger partial charge in [-0.2, -0.15) is 5.10 Å². The summed E-state index contributed by atoms with van der Waals surface area (Å²) in [6.07, 6.45) is 5.04. The van der Waals surface area contributed by atoms with E-state index in [0.29, 0.717) is 11.3 Å². The van der Waals surface area contributed by atoms with Crippen molar-refractivity contribution in [3.63, 3.8) is 0 Å². The topological polar surface area (TPSA) is 74.4 Å². The first-order valence-electron chi connectivity index (χ1n) is 4.16. The molecule has 3 rings (SSSR count). The first kappa shape index (κ1) is 7.25. The fourth-order valence-corrected chi connectivity index (χ4v) is 1.53. The Morgan fingerprint density at radius 2 is 2.29 bits per heavy atom. The van der Waals surface area contributed by atoms with E-state index in [1.165, 1.54) is 0 Å². The fraction of sp³-hybridized carbons (Fsp3) is 0. The van der Waals surface area contributed by atoms with E-state index < -0.39 is 0 Å². The molecule has 1 aromatic rings. The molecule has 14 heavy (non-hydrogen) atoms. The van der Waals surface area contributed by atoms with Crippen LogP contribution in [-0.4, -0.2) is 20.2 Å². The number of nitrogens with zero attached hydrogens (tertiary/aromatic N) is 2. The Hall–Kier alpha value is -2.17. The van der Waals surface area contributed by atoms with Crippen LogP contribution in [0.2, 0.25) is 0 Å². The zero-order chi connectivity index (χ0) is 9.54. The van der Waals surface area contributed by atoms with Gasteiger partial charge in [-0.25, -0.2) is 5.10 Å². The number of fused-ring (bicyclic) bond motifs is 3. The summed E-state index contributed by atoms with van der Waals surface area (Å²) in [5.41, 5.74) is 1.96. The van der Waals surface area contributed by atoms with Gasteiger partial charge < -0.3 is 4.98 Å². The maximum absolute atomic E-state index is 11.3. The largest absolute Gasteiger partial charge is 0.360 e. The molecule has 0 spiro atoms. The number of aromatic amines is 2. The minimum Gasteiger partial charge on any atom is -0.360 e. The lowest BCUT2D eigenvalue weighted by atomic mass is 10.1. The molecule has 0 saturated carbocycles.